The second kappa shape index (κ2) is 6.57. The van der Waals surface area contributed by atoms with Gasteiger partial charge in [0, 0.05) is 0 Å². The van der Waals surface area contributed by atoms with Gasteiger partial charge in [0.25, 0.3) is 10.0 Å². The second-order valence-corrected chi connectivity index (χ2v) is 5.98. The lowest BCUT2D eigenvalue weighted by atomic mass is 10.2. The standard InChI is InChI=1S/C15H17NO5S/c1-19-13-10-9-12(14(20-2)15(13)21-3)16-22(17,18)11-7-5-4-6-8-11/h4-10,16H,1-3H3. The van der Waals surface area contributed by atoms with E-state index in [4.69, 9.17) is 14.2 Å². The summed E-state index contributed by atoms with van der Waals surface area (Å²) in [5.41, 5.74) is 0.268. The van der Waals surface area contributed by atoms with Gasteiger partial charge in [0.05, 0.1) is 31.9 Å². The van der Waals surface area contributed by atoms with E-state index in [1.165, 1.54) is 33.5 Å². The molecule has 2 aromatic rings. The highest BCUT2D eigenvalue weighted by molar-refractivity contribution is 7.92. The molecule has 0 spiro atoms. The largest absolute Gasteiger partial charge is 0.493 e. The van der Waals surface area contributed by atoms with Gasteiger partial charge in [0.2, 0.25) is 5.75 Å². The van der Waals surface area contributed by atoms with Crippen LogP contribution in [0.4, 0.5) is 5.69 Å². The molecule has 0 radical (unpaired) electrons. The Balaban J connectivity index is 2.46. The molecule has 0 amide bonds. The molecule has 0 saturated heterocycles. The summed E-state index contributed by atoms with van der Waals surface area (Å²) in [6.45, 7) is 0. The first kappa shape index (κ1) is 16.0. The number of methoxy groups -OCH3 is 3. The predicted octanol–water partition coefficient (Wildman–Crippen LogP) is 2.51. The average molecular weight is 323 g/mol. The van der Waals surface area contributed by atoms with E-state index < -0.39 is 10.0 Å². The summed E-state index contributed by atoms with van der Waals surface area (Å²) < 4.78 is 42.9. The molecule has 0 bridgehead atoms. The van der Waals surface area contributed by atoms with Crippen LogP contribution in [0.1, 0.15) is 0 Å². The van der Waals surface area contributed by atoms with Crippen LogP contribution in [0, 0.1) is 0 Å². The van der Waals surface area contributed by atoms with Gasteiger partial charge in [-0.3, -0.25) is 4.72 Å². The van der Waals surface area contributed by atoms with Crippen LogP contribution in [-0.4, -0.2) is 29.7 Å². The zero-order valence-electron chi connectivity index (χ0n) is 12.5. The monoisotopic (exact) mass is 323 g/mol. The number of nitrogens with one attached hydrogen (secondary N) is 1. The maximum absolute atomic E-state index is 12.4. The highest BCUT2D eigenvalue weighted by atomic mass is 32.2. The molecule has 0 saturated carbocycles. The van der Waals surface area contributed by atoms with Crippen LogP contribution < -0.4 is 18.9 Å². The molecular weight excluding hydrogens is 306 g/mol. The van der Waals surface area contributed by atoms with E-state index in [2.05, 4.69) is 4.72 Å². The third kappa shape index (κ3) is 3.09. The first-order valence-corrected chi connectivity index (χ1v) is 7.88. The van der Waals surface area contributed by atoms with Crippen molar-refractivity contribution in [3.63, 3.8) is 0 Å². The minimum atomic E-state index is -3.72. The highest BCUT2D eigenvalue weighted by Gasteiger charge is 2.21. The lowest BCUT2D eigenvalue weighted by Crippen LogP contribution is -2.13. The summed E-state index contributed by atoms with van der Waals surface area (Å²) in [6, 6.07) is 11.2. The zero-order valence-corrected chi connectivity index (χ0v) is 13.3. The van der Waals surface area contributed by atoms with Gasteiger partial charge >= 0.3 is 0 Å². The van der Waals surface area contributed by atoms with Crippen molar-refractivity contribution in [1.29, 1.82) is 0 Å². The summed E-state index contributed by atoms with van der Waals surface area (Å²) in [6.07, 6.45) is 0. The number of ether oxygens (including phenoxy) is 3. The van der Waals surface area contributed by atoms with E-state index >= 15 is 0 Å². The summed E-state index contributed by atoms with van der Waals surface area (Å²) in [5, 5.41) is 0. The van der Waals surface area contributed by atoms with E-state index in [1.54, 1.807) is 30.3 Å². The first-order chi connectivity index (χ1) is 10.5. The van der Waals surface area contributed by atoms with Crippen molar-refractivity contribution >= 4 is 15.7 Å². The highest BCUT2D eigenvalue weighted by Crippen LogP contribution is 2.43. The summed E-state index contributed by atoms with van der Waals surface area (Å²) >= 11 is 0. The molecule has 2 rings (SSSR count). The molecule has 0 atom stereocenters. The molecule has 2 aromatic carbocycles. The van der Waals surface area contributed by atoms with Crippen molar-refractivity contribution in [2.24, 2.45) is 0 Å². The average Bonchev–Trinajstić information content (AvgIpc) is 2.54. The van der Waals surface area contributed by atoms with Gasteiger partial charge in [0.15, 0.2) is 11.5 Å². The van der Waals surface area contributed by atoms with Crippen molar-refractivity contribution in [3.05, 3.63) is 42.5 Å². The zero-order chi connectivity index (χ0) is 16.2. The van der Waals surface area contributed by atoms with Gasteiger partial charge in [-0.05, 0) is 24.3 Å². The molecule has 0 fully saturated rings. The van der Waals surface area contributed by atoms with Crippen LogP contribution in [0.3, 0.4) is 0 Å². The summed E-state index contributed by atoms with van der Waals surface area (Å²) in [5.74, 6) is 1.02. The Morgan fingerprint density at radius 1 is 0.818 bits per heavy atom. The summed E-state index contributed by atoms with van der Waals surface area (Å²) in [7, 11) is 0.657. The van der Waals surface area contributed by atoms with Crippen molar-refractivity contribution < 1.29 is 22.6 Å². The molecule has 1 N–H and O–H groups in total. The fraction of sp³-hybridized carbons (Fsp3) is 0.200. The third-order valence-electron chi connectivity index (χ3n) is 3.00. The molecule has 6 nitrogen and oxygen atoms in total. The molecule has 7 heteroatoms. The summed E-state index contributed by atoms with van der Waals surface area (Å²) in [4.78, 5) is 0.159. The van der Waals surface area contributed by atoms with Crippen LogP contribution in [0.5, 0.6) is 17.2 Å². The Kier molecular flexibility index (Phi) is 4.77. The molecule has 0 aliphatic heterocycles. The van der Waals surface area contributed by atoms with E-state index in [0.717, 1.165) is 0 Å². The van der Waals surface area contributed by atoms with Crippen molar-refractivity contribution in [2.45, 2.75) is 4.90 Å². The number of anilines is 1. The van der Waals surface area contributed by atoms with Gasteiger partial charge in [-0.1, -0.05) is 18.2 Å². The van der Waals surface area contributed by atoms with E-state index in [-0.39, 0.29) is 16.3 Å². The number of hydrogen-bond donors (Lipinski definition) is 1. The van der Waals surface area contributed by atoms with E-state index in [1.807, 2.05) is 0 Å². The van der Waals surface area contributed by atoms with Crippen molar-refractivity contribution in [2.75, 3.05) is 26.1 Å². The minimum Gasteiger partial charge on any atom is -0.493 e. The molecular formula is C15H17NO5S. The lowest BCUT2D eigenvalue weighted by Gasteiger charge is -2.16. The molecule has 22 heavy (non-hydrogen) atoms. The third-order valence-corrected chi connectivity index (χ3v) is 4.38. The molecule has 118 valence electrons. The Labute approximate surface area is 129 Å². The Morgan fingerprint density at radius 3 is 2.00 bits per heavy atom. The molecule has 0 aliphatic rings. The maximum atomic E-state index is 12.4. The first-order valence-electron chi connectivity index (χ1n) is 6.40. The van der Waals surface area contributed by atoms with Crippen LogP contribution in [0.25, 0.3) is 0 Å². The number of benzene rings is 2. The van der Waals surface area contributed by atoms with Gasteiger partial charge in [-0.15, -0.1) is 0 Å². The normalized spacial score (nSPS) is 10.9. The Bertz CT molecular complexity index is 744. The second-order valence-electron chi connectivity index (χ2n) is 4.30. The Morgan fingerprint density at radius 2 is 1.45 bits per heavy atom. The van der Waals surface area contributed by atoms with Crippen molar-refractivity contribution in [3.8, 4) is 17.2 Å². The van der Waals surface area contributed by atoms with Gasteiger partial charge in [-0.2, -0.15) is 0 Å². The van der Waals surface area contributed by atoms with Crippen molar-refractivity contribution in [1.82, 2.24) is 0 Å². The fourth-order valence-corrected chi connectivity index (χ4v) is 3.07. The fourth-order valence-electron chi connectivity index (χ4n) is 1.98. The molecule has 0 heterocycles. The van der Waals surface area contributed by atoms with Gasteiger partial charge in [-0.25, -0.2) is 8.42 Å². The van der Waals surface area contributed by atoms with Crippen LogP contribution in [0.15, 0.2) is 47.4 Å². The predicted molar refractivity (Wildman–Crippen MR) is 83.3 cm³/mol. The quantitative estimate of drug-likeness (QED) is 0.884. The molecule has 0 unspecified atom stereocenters. The number of rotatable bonds is 6. The topological polar surface area (TPSA) is 73.9 Å². The number of sulfonamides is 1. The molecule has 0 aliphatic carbocycles. The minimum absolute atomic E-state index is 0.159. The van der Waals surface area contributed by atoms with E-state index in [9.17, 15) is 8.42 Å². The molecule has 0 aromatic heterocycles. The smallest absolute Gasteiger partial charge is 0.262 e. The van der Waals surface area contributed by atoms with Gasteiger partial charge < -0.3 is 14.2 Å². The van der Waals surface area contributed by atoms with E-state index in [0.29, 0.717) is 11.5 Å². The number of hydrogen-bond acceptors (Lipinski definition) is 5. The maximum Gasteiger partial charge on any atom is 0.262 e. The van der Waals surface area contributed by atoms with Crippen LogP contribution in [0.2, 0.25) is 0 Å². The Hall–Kier alpha value is -2.41. The van der Waals surface area contributed by atoms with Crippen LogP contribution >= 0.6 is 0 Å². The SMILES string of the molecule is COc1ccc(NS(=O)(=O)c2ccccc2)c(OC)c1OC. The van der Waals surface area contributed by atoms with Crippen LogP contribution in [-0.2, 0) is 10.0 Å². The lowest BCUT2D eigenvalue weighted by molar-refractivity contribution is 0.325. The van der Waals surface area contributed by atoms with Gasteiger partial charge in [0.1, 0.15) is 0 Å².